The van der Waals surface area contributed by atoms with Gasteiger partial charge in [-0.15, -0.1) is 0 Å². The quantitative estimate of drug-likeness (QED) is 0.666. The molecule has 2 N–H and O–H groups in total. The minimum Gasteiger partial charge on any atom is -0.444 e. The molecular weight excluding hydrogens is 390 g/mol. The molecule has 1 saturated heterocycles. The summed E-state index contributed by atoms with van der Waals surface area (Å²) in [4.78, 5) is 23.1. The Balaban J connectivity index is 1.49. The highest BCUT2D eigenvalue weighted by Gasteiger charge is 2.35. The molecule has 7 nitrogen and oxygen atoms in total. The van der Waals surface area contributed by atoms with Gasteiger partial charge in [0.25, 0.3) is 0 Å². The maximum Gasteiger partial charge on any atom is 0.410 e. The molecule has 0 bridgehead atoms. The molecule has 5 rings (SSSR count). The minimum absolute atomic E-state index is 0.163. The fraction of sp³-hybridized carbons (Fsp3) is 0.375. The van der Waals surface area contributed by atoms with Crippen molar-refractivity contribution in [3.8, 4) is 11.1 Å². The smallest absolute Gasteiger partial charge is 0.410 e. The van der Waals surface area contributed by atoms with E-state index in [1.54, 1.807) is 11.1 Å². The summed E-state index contributed by atoms with van der Waals surface area (Å²) in [6.45, 7) is 6.85. The van der Waals surface area contributed by atoms with Crippen LogP contribution in [0, 0.1) is 0 Å². The van der Waals surface area contributed by atoms with Crippen LogP contribution in [0.15, 0.2) is 36.8 Å². The number of carbonyl (C=O) groups is 1. The lowest BCUT2D eigenvalue weighted by atomic mass is 9.99. The highest BCUT2D eigenvalue weighted by Crippen LogP contribution is 2.38. The van der Waals surface area contributed by atoms with Gasteiger partial charge < -0.3 is 19.9 Å². The molecule has 0 radical (unpaired) electrons. The highest BCUT2D eigenvalue weighted by molar-refractivity contribution is 6.02. The summed E-state index contributed by atoms with van der Waals surface area (Å²) < 4.78 is 7.70. The standard InChI is InChI=1S/C24H27N5O2/c1-24(2,3)31-23(30)28-12-17(13-28)29-14-18(21-20(29)8-9-26-22(21)25)16-10-15-6-4-5-7-19(15)27-11-16/h4,6,8-11,14,17H,5,7,12-13H2,1-3H3,(H2,25,26). The van der Waals surface area contributed by atoms with Gasteiger partial charge in [-0.1, -0.05) is 12.2 Å². The number of hydrogen-bond acceptors (Lipinski definition) is 5. The molecule has 3 aromatic heterocycles. The van der Waals surface area contributed by atoms with Crippen molar-refractivity contribution in [2.75, 3.05) is 18.8 Å². The average molecular weight is 418 g/mol. The van der Waals surface area contributed by atoms with Gasteiger partial charge in [0.1, 0.15) is 11.4 Å². The predicted octanol–water partition coefficient (Wildman–Crippen LogP) is 4.43. The maximum atomic E-state index is 12.3. The number of aryl methyl sites for hydroxylation is 1. The molecule has 3 aromatic rings. The molecule has 31 heavy (non-hydrogen) atoms. The molecule has 2 aliphatic rings. The number of ether oxygens (including phenoxy) is 1. The van der Waals surface area contributed by atoms with Crippen molar-refractivity contribution in [1.29, 1.82) is 0 Å². The van der Waals surface area contributed by atoms with Gasteiger partial charge in [0.05, 0.1) is 11.6 Å². The zero-order chi connectivity index (χ0) is 21.8. The molecular formula is C24H27N5O2. The van der Waals surface area contributed by atoms with Gasteiger partial charge in [0.2, 0.25) is 0 Å². The molecule has 7 heteroatoms. The molecule has 160 valence electrons. The zero-order valence-electron chi connectivity index (χ0n) is 18.1. The summed E-state index contributed by atoms with van der Waals surface area (Å²) in [5.74, 6) is 0.503. The number of rotatable bonds is 2. The molecule has 0 aromatic carbocycles. The van der Waals surface area contributed by atoms with E-state index in [0.717, 1.165) is 46.1 Å². The van der Waals surface area contributed by atoms with Crippen LogP contribution in [0.5, 0.6) is 0 Å². The van der Waals surface area contributed by atoms with Crippen LogP contribution in [0.25, 0.3) is 28.1 Å². The third-order valence-corrected chi connectivity index (χ3v) is 5.84. The number of nitrogens with zero attached hydrogens (tertiary/aromatic N) is 4. The van der Waals surface area contributed by atoms with Gasteiger partial charge in [-0.2, -0.15) is 0 Å². The van der Waals surface area contributed by atoms with Crippen molar-refractivity contribution < 1.29 is 9.53 Å². The number of hydrogen-bond donors (Lipinski definition) is 1. The largest absolute Gasteiger partial charge is 0.444 e. The first-order valence-electron chi connectivity index (χ1n) is 10.7. The number of nitrogens with two attached hydrogens (primary N) is 1. The Kier molecular flexibility index (Phi) is 4.50. The summed E-state index contributed by atoms with van der Waals surface area (Å²) in [5.41, 5.74) is 11.2. The van der Waals surface area contributed by atoms with Crippen LogP contribution < -0.4 is 5.73 Å². The highest BCUT2D eigenvalue weighted by atomic mass is 16.6. The van der Waals surface area contributed by atoms with Crippen molar-refractivity contribution in [3.05, 3.63) is 48.1 Å². The monoisotopic (exact) mass is 417 g/mol. The molecule has 1 aliphatic carbocycles. The molecule has 1 fully saturated rings. The maximum absolute atomic E-state index is 12.3. The van der Waals surface area contributed by atoms with Crippen LogP contribution in [0.4, 0.5) is 10.6 Å². The van der Waals surface area contributed by atoms with Gasteiger partial charge in [-0.05, 0) is 51.3 Å². The van der Waals surface area contributed by atoms with E-state index >= 15 is 0 Å². The van der Waals surface area contributed by atoms with E-state index in [0.29, 0.717) is 18.9 Å². The Bertz CT molecular complexity index is 1200. The Labute approximate surface area is 181 Å². The third-order valence-electron chi connectivity index (χ3n) is 5.84. The number of likely N-dealkylation sites (tertiary alicyclic amines) is 1. The fourth-order valence-corrected chi connectivity index (χ4v) is 4.30. The second kappa shape index (κ2) is 7.11. The van der Waals surface area contributed by atoms with Crippen LogP contribution in [0.1, 0.15) is 44.5 Å². The Morgan fingerprint density at radius 2 is 2.06 bits per heavy atom. The molecule has 0 saturated carbocycles. The Morgan fingerprint density at radius 3 is 2.84 bits per heavy atom. The summed E-state index contributed by atoms with van der Waals surface area (Å²) in [5, 5.41) is 0.930. The lowest BCUT2D eigenvalue weighted by Crippen LogP contribution is -2.52. The first-order chi connectivity index (χ1) is 14.8. The van der Waals surface area contributed by atoms with Crippen LogP contribution in [-0.2, 0) is 11.2 Å². The number of aromatic nitrogens is 3. The first kappa shape index (κ1) is 19.6. The number of carbonyl (C=O) groups excluding carboxylic acids is 1. The second-order valence-corrected chi connectivity index (χ2v) is 9.28. The molecule has 0 unspecified atom stereocenters. The van der Waals surface area contributed by atoms with E-state index in [1.165, 1.54) is 0 Å². The van der Waals surface area contributed by atoms with Crippen molar-refractivity contribution in [3.63, 3.8) is 0 Å². The lowest BCUT2D eigenvalue weighted by Gasteiger charge is -2.40. The van der Waals surface area contributed by atoms with Crippen molar-refractivity contribution >= 4 is 28.9 Å². The second-order valence-electron chi connectivity index (χ2n) is 9.28. The number of anilines is 1. The zero-order valence-corrected chi connectivity index (χ0v) is 18.1. The number of nitrogen functional groups attached to an aromatic ring is 1. The normalized spacial score (nSPS) is 16.3. The topological polar surface area (TPSA) is 86.3 Å². The average Bonchev–Trinajstić information content (AvgIpc) is 3.06. The first-order valence-corrected chi connectivity index (χ1v) is 10.7. The van der Waals surface area contributed by atoms with E-state index in [2.05, 4.69) is 34.0 Å². The van der Waals surface area contributed by atoms with Crippen molar-refractivity contribution in [2.45, 2.75) is 45.3 Å². The van der Waals surface area contributed by atoms with Crippen molar-refractivity contribution in [2.24, 2.45) is 0 Å². The summed E-state index contributed by atoms with van der Waals surface area (Å²) in [6.07, 6.45) is 11.8. The van der Waals surface area contributed by atoms with Crippen LogP contribution in [-0.4, -0.2) is 44.2 Å². The SMILES string of the molecule is CC(C)(C)OC(=O)N1CC(n2cc(-c3cnc4c(c3)C=CCC4)c3c(N)nccc32)C1. The molecule has 1 aliphatic heterocycles. The summed E-state index contributed by atoms with van der Waals surface area (Å²) in [6, 6.07) is 4.32. The molecule has 4 heterocycles. The van der Waals surface area contributed by atoms with Gasteiger partial charge in [-0.3, -0.25) is 4.98 Å². The van der Waals surface area contributed by atoms with Crippen LogP contribution >= 0.6 is 0 Å². The van der Waals surface area contributed by atoms with E-state index < -0.39 is 5.60 Å². The lowest BCUT2D eigenvalue weighted by molar-refractivity contribution is 0.00159. The van der Waals surface area contributed by atoms with Crippen molar-refractivity contribution in [1.82, 2.24) is 19.4 Å². The summed E-state index contributed by atoms with van der Waals surface area (Å²) in [7, 11) is 0. The van der Waals surface area contributed by atoms with Crippen LogP contribution in [0.2, 0.25) is 0 Å². The predicted molar refractivity (Wildman–Crippen MR) is 122 cm³/mol. The number of fused-ring (bicyclic) bond motifs is 2. The fourth-order valence-electron chi connectivity index (χ4n) is 4.30. The Hall–Kier alpha value is -3.35. The van der Waals surface area contributed by atoms with Gasteiger partial charge in [0.15, 0.2) is 0 Å². The van der Waals surface area contributed by atoms with E-state index in [9.17, 15) is 4.79 Å². The van der Waals surface area contributed by atoms with Gasteiger partial charge in [0, 0.05) is 53.9 Å². The van der Waals surface area contributed by atoms with E-state index in [4.69, 9.17) is 15.5 Å². The number of pyridine rings is 2. The summed E-state index contributed by atoms with van der Waals surface area (Å²) >= 11 is 0. The minimum atomic E-state index is -0.497. The van der Waals surface area contributed by atoms with E-state index in [-0.39, 0.29) is 12.1 Å². The molecule has 0 atom stereocenters. The van der Waals surface area contributed by atoms with Gasteiger partial charge >= 0.3 is 6.09 Å². The van der Waals surface area contributed by atoms with E-state index in [1.807, 2.05) is 33.0 Å². The van der Waals surface area contributed by atoms with Gasteiger partial charge in [-0.25, -0.2) is 9.78 Å². The van der Waals surface area contributed by atoms with Crippen LogP contribution in [0.3, 0.4) is 0 Å². The number of amides is 1. The number of allylic oxidation sites excluding steroid dienone is 1. The Morgan fingerprint density at radius 1 is 1.26 bits per heavy atom. The molecule has 1 amide bonds. The molecule has 0 spiro atoms. The third kappa shape index (κ3) is 3.54.